The monoisotopic (exact) mass is 242 g/mol. The Hall–Kier alpha value is -0.570. The van der Waals surface area contributed by atoms with Crippen molar-refractivity contribution in [3.63, 3.8) is 0 Å². The van der Waals surface area contributed by atoms with Gasteiger partial charge in [0, 0.05) is 18.5 Å². The highest BCUT2D eigenvalue weighted by Gasteiger charge is 2.07. The second kappa shape index (κ2) is 9.46. The summed E-state index contributed by atoms with van der Waals surface area (Å²) < 4.78 is 0. The van der Waals surface area contributed by atoms with Gasteiger partial charge < -0.3 is 10.6 Å². The first-order valence-corrected chi connectivity index (χ1v) is 6.94. The maximum atomic E-state index is 11.6. The zero-order chi connectivity index (χ0) is 13.3. The van der Waals surface area contributed by atoms with Crippen LogP contribution in [0.3, 0.4) is 0 Å². The number of carbonyl (C=O) groups is 1. The Balaban J connectivity index is 3.50. The van der Waals surface area contributed by atoms with E-state index < -0.39 is 0 Å². The van der Waals surface area contributed by atoms with Gasteiger partial charge in [-0.15, -0.1) is 0 Å². The van der Waals surface area contributed by atoms with Crippen molar-refractivity contribution >= 4 is 5.91 Å². The molecule has 0 fully saturated rings. The first kappa shape index (κ1) is 16.4. The summed E-state index contributed by atoms with van der Waals surface area (Å²) in [6, 6.07) is 0.811. The van der Waals surface area contributed by atoms with Crippen LogP contribution in [-0.2, 0) is 4.79 Å². The van der Waals surface area contributed by atoms with Crippen molar-refractivity contribution in [3.05, 3.63) is 0 Å². The van der Waals surface area contributed by atoms with Crippen LogP contribution in [0.15, 0.2) is 0 Å². The molecule has 0 saturated heterocycles. The summed E-state index contributed by atoms with van der Waals surface area (Å²) in [6.07, 6.45) is 3.80. The molecule has 0 aliphatic heterocycles. The molecule has 0 heterocycles. The minimum absolute atomic E-state index is 0.187. The van der Waals surface area contributed by atoms with Crippen LogP contribution in [0.5, 0.6) is 0 Å². The summed E-state index contributed by atoms with van der Waals surface area (Å²) in [5.41, 5.74) is 0. The lowest BCUT2D eigenvalue weighted by molar-refractivity contribution is -0.121. The lowest BCUT2D eigenvalue weighted by atomic mass is 10.0. The van der Waals surface area contributed by atoms with Gasteiger partial charge in [-0.05, 0) is 38.6 Å². The predicted molar refractivity (Wildman–Crippen MR) is 74.0 cm³/mol. The van der Waals surface area contributed by atoms with Crippen LogP contribution in [0, 0.1) is 5.92 Å². The third kappa shape index (κ3) is 11.7. The van der Waals surface area contributed by atoms with Gasteiger partial charge in [0.15, 0.2) is 0 Å². The van der Waals surface area contributed by atoms with Crippen LogP contribution < -0.4 is 10.6 Å². The Labute approximate surface area is 107 Å². The molecule has 1 atom stereocenters. The number of nitrogens with one attached hydrogen (secondary N) is 2. The van der Waals surface area contributed by atoms with Crippen molar-refractivity contribution in [2.24, 2.45) is 5.92 Å². The summed E-state index contributed by atoms with van der Waals surface area (Å²) in [6.45, 7) is 11.7. The Morgan fingerprint density at radius 2 is 1.71 bits per heavy atom. The topological polar surface area (TPSA) is 41.1 Å². The highest BCUT2D eigenvalue weighted by atomic mass is 16.1. The summed E-state index contributed by atoms with van der Waals surface area (Å²) in [4.78, 5) is 11.6. The number of hydrogen-bond donors (Lipinski definition) is 2. The standard InChI is InChI=1S/C14H30N2O/c1-11(2)8-9-13(5)16-14(17)7-6-10-15-12(3)4/h11-13,15H,6-10H2,1-5H3,(H,16,17). The molecule has 0 spiro atoms. The SMILES string of the molecule is CC(C)CCC(C)NC(=O)CCCNC(C)C. The molecule has 0 bridgehead atoms. The lowest BCUT2D eigenvalue weighted by Crippen LogP contribution is -2.33. The van der Waals surface area contributed by atoms with E-state index in [4.69, 9.17) is 0 Å². The molecule has 0 aromatic heterocycles. The van der Waals surface area contributed by atoms with Gasteiger partial charge in [0.1, 0.15) is 0 Å². The van der Waals surface area contributed by atoms with Gasteiger partial charge in [0.05, 0.1) is 0 Å². The summed E-state index contributed by atoms with van der Waals surface area (Å²) in [5.74, 6) is 0.899. The van der Waals surface area contributed by atoms with E-state index in [0.717, 1.165) is 19.4 Å². The normalized spacial score (nSPS) is 13.1. The van der Waals surface area contributed by atoms with Gasteiger partial charge in [-0.2, -0.15) is 0 Å². The zero-order valence-corrected chi connectivity index (χ0v) is 12.2. The van der Waals surface area contributed by atoms with Gasteiger partial charge in [-0.3, -0.25) is 4.79 Å². The molecule has 0 saturated carbocycles. The molecule has 17 heavy (non-hydrogen) atoms. The number of rotatable bonds is 9. The minimum atomic E-state index is 0.187. The first-order valence-electron chi connectivity index (χ1n) is 6.94. The van der Waals surface area contributed by atoms with E-state index in [0.29, 0.717) is 24.4 Å². The van der Waals surface area contributed by atoms with Crippen LogP contribution >= 0.6 is 0 Å². The van der Waals surface area contributed by atoms with Crippen LogP contribution in [0.2, 0.25) is 0 Å². The van der Waals surface area contributed by atoms with Crippen LogP contribution in [-0.4, -0.2) is 24.5 Å². The van der Waals surface area contributed by atoms with E-state index in [1.54, 1.807) is 0 Å². The van der Waals surface area contributed by atoms with Crippen molar-refractivity contribution in [1.82, 2.24) is 10.6 Å². The van der Waals surface area contributed by atoms with Crippen LogP contribution in [0.4, 0.5) is 0 Å². The molecule has 0 aromatic rings. The smallest absolute Gasteiger partial charge is 0.220 e. The van der Waals surface area contributed by atoms with E-state index in [9.17, 15) is 4.79 Å². The van der Waals surface area contributed by atoms with E-state index in [-0.39, 0.29) is 5.91 Å². The fraction of sp³-hybridized carbons (Fsp3) is 0.929. The molecular weight excluding hydrogens is 212 g/mol. The molecule has 102 valence electrons. The number of carbonyl (C=O) groups excluding carboxylic acids is 1. The molecule has 1 amide bonds. The maximum absolute atomic E-state index is 11.6. The Bertz CT molecular complexity index is 202. The molecule has 3 nitrogen and oxygen atoms in total. The molecule has 0 radical (unpaired) electrons. The van der Waals surface area contributed by atoms with Gasteiger partial charge in [-0.25, -0.2) is 0 Å². The van der Waals surface area contributed by atoms with E-state index >= 15 is 0 Å². The summed E-state index contributed by atoms with van der Waals surface area (Å²) in [5, 5.41) is 6.37. The number of hydrogen-bond acceptors (Lipinski definition) is 2. The molecule has 1 unspecified atom stereocenters. The van der Waals surface area contributed by atoms with E-state index in [1.807, 2.05) is 0 Å². The molecule has 0 rings (SSSR count). The van der Waals surface area contributed by atoms with Crippen molar-refractivity contribution in [2.75, 3.05) is 6.54 Å². The molecule has 0 aromatic carbocycles. The third-order valence-corrected chi connectivity index (χ3v) is 2.72. The largest absolute Gasteiger partial charge is 0.354 e. The molecule has 3 heteroatoms. The van der Waals surface area contributed by atoms with E-state index in [2.05, 4.69) is 45.3 Å². The predicted octanol–water partition coefficient (Wildman–Crippen LogP) is 2.71. The zero-order valence-electron chi connectivity index (χ0n) is 12.2. The summed E-state index contributed by atoms with van der Waals surface area (Å²) >= 11 is 0. The van der Waals surface area contributed by atoms with Crippen molar-refractivity contribution in [3.8, 4) is 0 Å². The quantitative estimate of drug-likeness (QED) is 0.610. The molecule has 0 aliphatic rings. The Kier molecular flexibility index (Phi) is 9.14. The number of amides is 1. The van der Waals surface area contributed by atoms with Crippen LogP contribution in [0.1, 0.15) is 60.3 Å². The fourth-order valence-electron chi connectivity index (χ4n) is 1.64. The van der Waals surface area contributed by atoms with Crippen LogP contribution in [0.25, 0.3) is 0 Å². The van der Waals surface area contributed by atoms with Gasteiger partial charge >= 0.3 is 0 Å². The lowest BCUT2D eigenvalue weighted by Gasteiger charge is -2.15. The highest BCUT2D eigenvalue weighted by molar-refractivity contribution is 5.76. The van der Waals surface area contributed by atoms with Gasteiger partial charge in [-0.1, -0.05) is 27.7 Å². The average Bonchev–Trinajstić information content (AvgIpc) is 2.21. The minimum Gasteiger partial charge on any atom is -0.354 e. The van der Waals surface area contributed by atoms with Crippen molar-refractivity contribution in [1.29, 1.82) is 0 Å². The molecular formula is C14H30N2O. The summed E-state index contributed by atoms with van der Waals surface area (Å²) in [7, 11) is 0. The fourth-order valence-corrected chi connectivity index (χ4v) is 1.64. The average molecular weight is 242 g/mol. The van der Waals surface area contributed by atoms with Gasteiger partial charge in [0.25, 0.3) is 0 Å². The molecule has 0 aliphatic carbocycles. The van der Waals surface area contributed by atoms with Crippen molar-refractivity contribution in [2.45, 2.75) is 72.4 Å². The van der Waals surface area contributed by atoms with Crippen molar-refractivity contribution < 1.29 is 4.79 Å². The van der Waals surface area contributed by atoms with E-state index in [1.165, 1.54) is 6.42 Å². The Morgan fingerprint density at radius 1 is 1.06 bits per heavy atom. The second-order valence-electron chi connectivity index (χ2n) is 5.65. The first-order chi connectivity index (χ1) is 7.91. The third-order valence-electron chi connectivity index (χ3n) is 2.72. The maximum Gasteiger partial charge on any atom is 0.220 e. The second-order valence-corrected chi connectivity index (χ2v) is 5.65. The highest BCUT2D eigenvalue weighted by Crippen LogP contribution is 2.06. The Morgan fingerprint density at radius 3 is 2.24 bits per heavy atom. The molecule has 2 N–H and O–H groups in total. The van der Waals surface area contributed by atoms with Gasteiger partial charge in [0.2, 0.25) is 5.91 Å².